The van der Waals surface area contributed by atoms with Crippen molar-refractivity contribution in [3.63, 3.8) is 0 Å². The molecule has 6 heteroatoms. The highest BCUT2D eigenvalue weighted by molar-refractivity contribution is 5.80. The molecule has 1 aromatic rings. The maximum atomic E-state index is 10.5. The minimum absolute atomic E-state index is 0.527. The Morgan fingerprint density at radius 1 is 1.46 bits per heavy atom. The highest BCUT2D eigenvalue weighted by Gasteiger charge is 2.32. The van der Waals surface area contributed by atoms with Gasteiger partial charge in [-0.25, -0.2) is 0 Å². The van der Waals surface area contributed by atoms with Crippen LogP contribution in [-0.2, 0) is 13.5 Å². The van der Waals surface area contributed by atoms with Gasteiger partial charge in [-0.05, 0) is 44.1 Å². The average Bonchev–Trinajstić information content (AvgIpc) is 3.27. The topological polar surface area (TPSA) is 65.7 Å². The number of guanidine groups is 1. The number of aliphatic imine (C=N–C) groups is 1. The monoisotopic (exact) mass is 333 g/mol. The summed E-state index contributed by atoms with van der Waals surface area (Å²) >= 11 is 0. The van der Waals surface area contributed by atoms with Crippen LogP contribution in [0.5, 0.6) is 0 Å². The molecule has 0 bridgehead atoms. The molecule has 1 aliphatic carbocycles. The number of aryl methyl sites for hydroxylation is 1. The normalized spacial score (nSPS) is 23.9. The molecule has 1 saturated carbocycles. The molecule has 134 valence electrons. The van der Waals surface area contributed by atoms with Gasteiger partial charge < -0.3 is 15.3 Å². The molecule has 0 spiro atoms. The molecule has 2 fully saturated rings. The van der Waals surface area contributed by atoms with Crippen molar-refractivity contribution in [2.45, 2.75) is 51.0 Å². The molecule has 0 radical (unpaired) electrons. The van der Waals surface area contributed by atoms with Gasteiger partial charge >= 0.3 is 0 Å². The molecule has 1 aromatic heterocycles. The number of likely N-dealkylation sites (tertiary alicyclic amines) is 1. The summed E-state index contributed by atoms with van der Waals surface area (Å²) in [5.74, 6) is 1.61. The Hall–Kier alpha value is -1.56. The van der Waals surface area contributed by atoms with E-state index in [4.69, 9.17) is 4.99 Å². The molecule has 2 aliphatic rings. The molecule has 1 atom stereocenters. The molecule has 24 heavy (non-hydrogen) atoms. The fraction of sp³-hybridized carbons (Fsp3) is 0.778. The number of hydrogen-bond acceptors (Lipinski definition) is 3. The van der Waals surface area contributed by atoms with Crippen molar-refractivity contribution >= 4 is 5.96 Å². The third kappa shape index (κ3) is 4.29. The van der Waals surface area contributed by atoms with Crippen molar-refractivity contribution in [2.24, 2.45) is 18.0 Å². The first-order chi connectivity index (χ1) is 11.6. The third-order valence-corrected chi connectivity index (χ3v) is 5.26. The van der Waals surface area contributed by atoms with E-state index in [1.807, 2.05) is 17.9 Å². The van der Waals surface area contributed by atoms with Gasteiger partial charge in [0.05, 0.1) is 18.3 Å². The van der Waals surface area contributed by atoms with Crippen molar-refractivity contribution < 1.29 is 5.11 Å². The second kappa shape index (κ2) is 7.55. The number of aromatic nitrogens is 2. The van der Waals surface area contributed by atoms with E-state index in [0.717, 1.165) is 57.7 Å². The summed E-state index contributed by atoms with van der Waals surface area (Å²) in [5.41, 5.74) is 0.738. The quantitative estimate of drug-likeness (QED) is 0.634. The fourth-order valence-electron chi connectivity index (χ4n) is 3.94. The molecule has 6 nitrogen and oxygen atoms in total. The van der Waals surface area contributed by atoms with Crippen LogP contribution in [0.15, 0.2) is 17.4 Å². The predicted molar refractivity (Wildman–Crippen MR) is 96.0 cm³/mol. The van der Waals surface area contributed by atoms with Gasteiger partial charge in [0, 0.05) is 32.9 Å². The van der Waals surface area contributed by atoms with Crippen molar-refractivity contribution in [1.82, 2.24) is 20.0 Å². The fourth-order valence-corrected chi connectivity index (χ4v) is 3.94. The summed E-state index contributed by atoms with van der Waals surface area (Å²) in [4.78, 5) is 7.11. The van der Waals surface area contributed by atoms with E-state index in [2.05, 4.69) is 28.4 Å². The van der Waals surface area contributed by atoms with Gasteiger partial charge in [-0.3, -0.25) is 9.67 Å². The first-order valence-corrected chi connectivity index (χ1v) is 9.31. The van der Waals surface area contributed by atoms with Crippen LogP contribution < -0.4 is 5.32 Å². The van der Waals surface area contributed by atoms with E-state index in [1.165, 1.54) is 12.0 Å². The molecule has 0 amide bonds. The highest BCUT2D eigenvalue weighted by Crippen LogP contribution is 2.29. The van der Waals surface area contributed by atoms with Crippen molar-refractivity contribution in [3.8, 4) is 0 Å². The van der Waals surface area contributed by atoms with Gasteiger partial charge in [0.25, 0.3) is 0 Å². The largest absolute Gasteiger partial charge is 0.388 e. The Kier molecular flexibility index (Phi) is 5.43. The molecular formula is C18H31N5O. The van der Waals surface area contributed by atoms with Crippen LogP contribution in [-0.4, -0.2) is 57.5 Å². The molecule has 2 heterocycles. The number of hydrogen-bond donors (Lipinski definition) is 2. The van der Waals surface area contributed by atoms with E-state index < -0.39 is 5.60 Å². The zero-order chi connectivity index (χ0) is 17.0. The molecule has 1 saturated heterocycles. The van der Waals surface area contributed by atoms with Gasteiger partial charge in [0.2, 0.25) is 0 Å². The summed E-state index contributed by atoms with van der Waals surface area (Å²) in [7, 11) is 1.97. The lowest BCUT2D eigenvalue weighted by molar-refractivity contribution is 0.0572. The number of nitrogens with zero attached hydrogens (tertiary/aromatic N) is 4. The maximum absolute atomic E-state index is 10.5. The zero-order valence-corrected chi connectivity index (χ0v) is 15.0. The number of aliphatic hydroxyl groups is 1. The second-order valence-electron chi connectivity index (χ2n) is 7.43. The van der Waals surface area contributed by atoms with Crippen LogP contribution in [0.25, 0.3) is 0 Å². The van der Waals surface area contributed by atoms with Crippen molar-refractivity contribution in [1.29, 1.82) is 0 Å². The van der Waals surface area contributed by atoms with E-state index in [1.54, 1.807) is 0 Å². The first-order valence-electron chi connectivity index (χ1n) is 9.31. The number of nitrogens with one attached hydrogen (secondary N) is 1. The lowest BCUT2D eigenvalue weighted by atomic mass is 10.0. The Bertz CT molecular complexity index is 562. The highest BCUT2D eigenvalue weighted by atomic mass is 16.3. The van der Waals surface area contributed by atoms with E-state index >= 15 is 0 Å². The average molecular weight is 333 g/mol. The van der Waals surface area contributed by atoms with E-state index in [0.29, 0.717) is 12.5 Å². The Morgan fingerprint density at radius 3 is 2.92 bits per heavy atom. The Labute approximate surface area is 145 Å². The second-order valence-corrected chi connectivity index (χ2v) is 7.43. The smallest absolute Gasteiger partial charge is 0.194 e. The summed E-state index contributed by atoms with van der Waals surface area (Å²) in [6.45, 7) is 5.55. The SMILES string of the molecule is CCNC(=NCC1(O)CCCC1)N1CCC(Cc2cnn(C)c2)C1. The minimum atomic E-state index is -0.574. The van der Waals surface area contributed by atoms with Crippen molar-refractivity contribution in [2.75, 3.05) is 26.2 Å². The van der Waals surface area contributed by atoms with Crippen LogP contribution in [0.1, 0.15) is 44.6 Å². The predicted octanol–water partition coefficient (Wildman–Crippen LogP) is 1.56. The van der Waals surface area contributed by atoms with Gasteiger partial charge in [0.15, 0.2) is 5.96 Å². The summed E-state index contributed by atoms with van der Waals surface area (Å²) in [5, 5.41) is 18.2. The van der Waals surface area contributed by atoms with Crippen LogP contribution in [0.3, 0.4) is 0 Å². The van der Waals surface area contributed by atoms with Crippen molar-refractivity contribution in [3.05, 3.63) is 18.0 Å². The summed E-state index contributed by atoms with van der Waals surface area (Å²) in [6, 6.07) is 0. The van der Waals surface area contributed by atoms with Crippen LogP contribution >= 0.6 is 0 Å². The van der Waals surface area contributed by atoms with Gasteiger partial charge in [-0.1, -0.05) is 12.8 Å². The van der Waals surface area contributed by atoms with Crippen LogP contribution in [0.2, 0.25) is 0 Å². The van der Waals surface area contributed by atoms with Gasteiger partial charge in [-0.2, -0.15) is 5.10 Å². The standard InChI is InChI=1S/C18H31N5O/c1-3-19-17(20-14-18(24)7-4-5-8-18)23-9-6-15(13-23)10-16-11-21-22(2)12-16/h11-12,15,24H,3-10,13-14H2,1-2H3,(H,19,20). The van der Waals surface area contributed by atoms with Crippen LogP contribution in [0, 0.1) is 5.92 Å². The third-order valence-electron chi connectivity index (χ3n) is 5.26. The molecule has 0 aromatic carbocycles. The molecular weight excluding hydrogens is 302 g/mol. The number of rotatable bonds is 5. The van der Waals surface area contributed by atoms with Gasteiger partial charge in [0.1, 0.15) is 0 Å². The van der Waals surface area contributed by atoms with Crippen LogP contribution in [0.4, 0.5) is 0 Å². The Morgan fingerprint density at radius 2 is 2.25 bits per heavy atom. The zero-order valence-electron chi connectivity index (χ0n) is 15.0. The van der Waals surface area contributed by atoms with E-state index in [9.17, 15) is 5.11 Å². The Balaban J connectivity index is 1.57. The minimum Gasteiger partial charge on any atom is -0.388 e. The molecule has 3 rings (SSSR count). The molecule has 1 aliphatic heterocycles. The van der Waals surface area contributed by atoms with E-state index in [-0.39, 0.29) is 0 Å². The lowest BCUT2D eigenvalue weighted by Crippen LogP contribution is -2.41. The summed E-state index contributed by atoms with van der Waals surface area (Å²) < 4.78 is 1.87. The lowest BCUT2D eigenvalue weighted by Gasteiger charge is -2.24. The maximum Gasteiger partial charge on any atom is 0.194 e. The summed E-state index contributed by atoms with van der Waals surface area (Å²) in [6.07, 6.45) is 10.4. The first kappa shape index (κ1) is 17.3. The molecule has 1 unspecified atom stereocenters. The molecule has 2 N–H and O–H groups in total. The van der Waals surface area contributed by atoms with Gasteiger partial charge in [-0.15, -0.1) is 0 Å².